The van der Waals surface area contributed by atoms with Gasteiger partial charge >= 0.3 is 6.18 Å². The monoisotopic (exact) mass is 623 g/mol. The lowest BCUT2D eigenvalue weighted by Crippen LogP contribution is -2.37. The first-order chi connectivity index (χ1) is 19.6. The second kappa shape index (κ2) is 12.6. The Labute approximate surface area is 248 Å². The van der Waals surface area contributed by atoms with Gasteiger partial charge in [0.25, 0.3) is 0 Å². The number of rotatable bonds is 9. The fourth-order valence-corrected chi connectivity index (χ4v) is 6.05. The average molecular weight is 624 g/mol. The number of hydrogen-bond donors (Lipinski definition) is 3. The van der Waals surface area contributed by atoms with Crippen LogP contribution in [-0.2, 0) is 27.5 Å². The number of carbonyl (C=O) groups excluding carboxylic acids is 1. The lowest BCUT2D eigenvalue weighted by atomic mass is 9.97. The number of carbonyl (C=O) groups is 1. The summed E-state index contributed by atoms with van der Waals surface area (Å²) in [6, 6.07) is 14.0. The molecular weight excluding hydrogens is 591 g/mol. The van der Waals surface area contributed by atoms with Crippen molar-refractivity contribution in [2.45, 2.75) is 68.9 Å². The third kappa shape index (κ3) is 8.25. The molecule has 4 rings (SSSR count). The number of fused-ring (bicyclic) bond motifs is 1. The summed E-state index contributed by atoms with van der Waals surface area (Å²) in [6.45, 7) is 7.02. The molecule has 3 aromatic carbocycles. The zero-order chi connectivity index (χ0) is 30.7. The van der Waals surface area contributed by atoms with Crippen LogP contribution in [0.25, 0.3) is 0 Å². The number of amides is 1. The van der Waals surface area contributed by atoms with Gasteiger partial charge in [-0.15, -0.1) is 0 Å². The Morgan fingerprint density at radius 3 is 2.43 bits per heavy atom. The highest BCUT2D eigenvalue weighted by atomic mass is 35.5. The molecule has 3 aromatic rings. The Morgan fingerprint density at radius 1 is 1.05 bits per heavy atom. The maximum atomic E-state index is 13.3. The first kappa shape index (κ1) is 31.8. The van der Waals surface area contributed by atoms with Crippen molar-refractivity contribution >= 4 is 27.5 Å². The van der Waals surface area contributed by atoms with E-state index in [1.54, 1.807) is 36.4 Å². The molecule has 0 saturated carbocycles. The zero-order valence-electron chi connectivity index (χ0n) is 23.4. The third-order valence-corrected chi connectivity index (χ3v) is 8.54. The van der Waals surface area contributed by atoms with Gasteiger partial charge in [0, 0.05) is 35.5 Å². The molecule has 0 spiro atoms. The summed E-state index contributed by atoms with van der Waals surface area (Å²) in [7, 11) is -4.42. The highest BCUT2D eigenvalue weighted by Gasteiger charge is 2.33. The van der Waals surface area contributed by atoms with Gasteiger partial charge in [-0.3, -0.25) is 4.79 Å². The minimum Gasteiger partial charge on any atom is -0.493 e. The molecule has 0 bridgehead atoms. The van der Waals surface area contributed by atoms with Crippen molar-refractivity contribution in [3.8, 4) is 5.75 Å². The summed E-state index contributed by atoms with van der Waals surface area (Å²) in [5.41, 5.74) is 0.836. The van der Waals surface area contributed by atoms with Crippen molar-refractivity contribution in [2.75, 3.05) is 6.61 Å². The largest absolute Gasteiger partial charge is 0.493 e. The SMILES string of the molecule is CC(C)(C)NCc1cc2c(cc1Cl)[C@H](NC(=O)C[C@@H](NS(=O)(=O)c1cccc(C(F)(F)F)c1)c1ccccc1)CCO2. The summed E-state index contributed by atoms with van der Waals surface area (Å²) in [5.74, 6) is 0.148. The van der Waals surface area contributed by atoms with Gasteiger partial charge < -0.3 is 15.4 Å². The summed E-state index contributed by atoms with van der Waals surface area (Å²) in [4.78, 5) is 12.7. The number of halogens is 4. The van der Waals surface area contributed by atoms with Gasteiger partial charge in [-0.05, 0) is 62.2 Å². The van der Waals surface area contributed by atoms with Crippen molar-refractivity contribution in [2.24, 2.45) is 0 Å². The second-order valence-electron chi connectivity index (χ2n) is 11.2. The molecule has 0 aromatic heterocycles. The van der Waals surface area contributed by atoms with E-state index in [-0.39, 0.29) is 12.0 Å². The number of benzene rings is 3. The van der Waals surface area contributed by atoms with Crippen LogP contribution in [0.15, 0.2) is 71.6 Å². The van der Waals surface area contributed by atoms with Crippen LogP contribution >= 0.6 is 11.6 Å². The van der Waals surface area contributed by atoms with Crippen molar-refractivity contribution in [3.63, 3.8) is 0 Å². The van der Waals surface area contributed by atoms with Crippen LogP contribution in [0.2, 0.25) is 5.02 Å². The lowest BCUT2D eigenvalue weighted by Gasteiger charge is -2.29. The molecule has 42 heavy (non-hydrogen) atoms. The maximum absolute atomic E-state index is 13.3. The minimum absolute atomic E-state index is 0.117. The molecule has 0 saturated heterocycles. The van der Waals surface area contributed by atoms with Crippen LogP contribution in [-0.4, -0.2) is 26.5 Å². The van der Waals surface area contributed by atoms with Gasteiger partial charge in [0.15, 0.2) is 0 Å². The Hall–Kier alpha value is -3.12. The quantitative estimate of drug-likeness (QED) is 0.260. The molecule has 1 aliphatic heterocycles. The van der Waals surface area contributed by atoms with Crippen LogP contribution in [0.5, 0.6) is 5.75 Å². The Bertz CT molecular complexity index is 1530. The van der Waals surface area contributed by atoms with Gasteiger partial charge in [0.05, 0.1) is 29.1 Å². The van der Waals surface area contributed by atoms with Crippen molar-refractivity contribution in [1.29, 1.82) is 0 Å². The highest BCUT2D eigenvalue weighted by Crippen LogP contribution is 2.37. The molecule has 226 valence electrons. The summed E-state index contributed by atoms with van der Waals surface area (Å²) in [6.07, 6.45) is -4.53. The smallest absolute Gasteiger partial charge is 0.416 e. The van der Waals surface area contributed by atoms with E-state index in [9.17, 15) is 26.4 Å². The molecule has 12 heteroatoms. The first-order valence-corrected chi connectivity index (χ1v) is 15.2. The molecule has 7 nitrogen and oxygen atoms in total. The Kier molecular flexibility index (Phi) is 9.56. The summed E-state index contributed by atoms with van der Waals surface area (Å²) >= 11 is 6.57. The Balaban J connectivity index is 1.53. The van der Waals surface area contributed by atoms with E-state index in [0.717, 1.165) is 23.8 Å². The van der Waals surface area contributed by atoms with E-state index in [1.165, 1.54) is 0 Å². The van der Waals surface area contributed by atoms with Crippen LogP contribution in [0.1, 0.15) is 68.0 Å². The molecular formula is C30H33ClF3N3O4S. The van der Waals surface area contributed by atoms with Crippen LogP contribution < -0.4 is 20.1 Å². The lowest BCUT2D eigenvalue weighted by molar-refractivity contribution is -0.137. The van der Waals surface area contributed by atoms with E-state index in [0.29, 0.717) is 47.5 Å². The van der Waals surface area contributed by atoms with Gasteiger partial charge in [-0.2, -0.15) is 13.2 Å². The number of ether oxygens (including phenoxy) is 1. The molecule has 1 heterocycles. The fraction of sp³-hybridized carbons (Fsp3) is 0.367. The van der Waals surface area contributed by atoms with Crippen LogP contribution in [0.4, 0.5) is 13.2 Å². The van der Waals surface area contributed by atoms with E-state index in [1.807, 2.05) is 26.8 Å². The highest BCUT2D eigenvalue weighted by molar-refractivity contribution is 7.89. The second-order valence-corrected chi connectivity index (χ2v) is 13.3. The van der Waals surface area contributed by atoms with Crippen molar-refractivity contribution < 1.29 is 31.1 Å². The van der Waals surface area contributed by atoms with Crippen LogP contribution in [0.3, 0.4) is 0 Å². The number of alkyl halides is 3. The molecule has 1 amide bonds. The van der Waals surface area contributed by atoms with E-state index < -0.39 is 44.6 Å². The van der Waals surface area contributed by atoms with E-state index in [4.69, 9.17) is 16.3 Å². The summed E-state index contributed by atoms with van der Waals surface area (Å²) < 4.78 is 74.3. The van der Waals surface area contributed by atoms with Crippen molar-refractivity contribution in [3.05, 3.63) is 94.0 Å². The molecule has 3 N–H and O–H groups in total. The molecule has 1 aliphatic rings. The summed E-state index contributed by atoms with van der Waals surface area (Å²) in [5, 5.41) is 6.86. The topological polar surface area (TPSA) is 96.5 Å². The Morgan fingerprint density at radius 2 is 1.76 bits per heavy atom. The van der Waals surface area contributed by atoms with Gasteiger partial charge in [-0.25, -0.2) is 13.1 Å². The fourth-order valence-electron chi connectivity index (χ4n) is 4.54. The molecule has 0 fully saturated rings. The maximum Gasteiger partial charge on any atom is 0.416 e. The predicted molar refractivity (Wildman–Crippen MR) is 155 cm³/mol. The van der Waals surface area contributed by atoms with E-state index >= 15 is 0 Å². The first-order valence-electron chi connectivity index (χ1n) is 13.4. The van der Waals surface area contributed by atoms with E-state index in [2.05, 4.69) is 15.4 Å². The minimum atomic E-state index is -4.71. The number of sulfonamides is 1. The number of hydrogen-bond acceptors (Lipinski definition) is 5. The van der Waals surface area contributed by atoms with Crippen molar-refractivity contribution in [1.82, 2.24) is 15.4 Å². The molecule has 0 aliphatic carbocycles. The molecule has 0 unspecified atom stereocenters. The average Bonchev–Trinajstić information content (AvgIpc) is 2.91. The number of nitrogens with one attached hydrogen (secondary N) is 3. The predicted octanol–water partition coefficient (Wildman–Crippen LogP) is 6.30. The van der Waals surface area contributed by atoms with Gasteiger partial charge in [0.2, 0.25) is 15.9 Å². The normalized spacial score (nSPS) is 16.3. The van der Waals surface area contributed by atoms with Gasteiger partial charge in [-0.1, -0.05) is 48.0 Å². The van der Waals surface area contributed by atoms with Crippen LogP contribution in [0, 0.1) is 0 Å². The third-order valence-electron chi connectivity index (χ3n) is 6.72. The zero-order valence-corrected chi connectivity index (χ0v) is 25.0. The van der Waals surface area contributed by atoms with Gasteiger partial charge in [0.1, 0.15) is 5.75 Å². The standard InChI is InChI=1S/C30H33ClF3N3O4S/c1-29(2,3)35-18-20-14-27-23(16-24(20)31)25(12-13-41-27)36-28(38)17-26(19-8-5-4-6-9-19)37-42(39,40)22-11-7-10-21(15-22)30(32,33)34/h4-11,14-16,25-26,35,37H,12-13,17-18H2,1-3H3,(H,36,38)/t25-,26-/m1/s1. The molecule has 2 atom stereocenters. The molecule has 0 radical (unpaired) electrons.